The van der Waals surface area contributed by atoms with Gasteiger partial charge in [-0.2, -0.15) is 0 Å². The summed E-state index contributed by atoms with van der Waals surface area (Å²) in [5.74, 6) is 0.562. The van der Waals surface area contributed by atoms with Crippen LogP contribution >= 0.6 is 11.6 Å². The summed E-state index contributed by atoms with van der Waals surface area (Å²) < 4.78 is 5.39. The topological polar surface area (TPSA) is 64.4 Å². The van der Waals surface area contributed by atoms with Crippen molar-refractivity contribution in [3.63, 3.8) is 0 Å². The van der Waals surface area contributed by atoms with E-state index in [1.165, 1.54) is 12.1 Å². The van der Waals surface area contributed by atoms with Crippen molar-refractivity contribution < 1.29 is 9.66 Å². The molecule has 0 heterocycles. The number of nitro benzene ring substituents is 1. The third-order valence-corrected chi connectivity index (χ3v) is 2.12. The first-order valence-corrected chi connectivity index (χ1v) is 5.30. The van der Waals surface area contributed by atoms with Crippen molar-refractivity contribution in [1.29, 1.82) is 0 Å². The second-order valence-electron chi connectivity index (χ2n) is 3.39. The summed E-state index contributed by atoms with van der Waals surface area (Å²) in [5.41, 5.74) is 0.743. The van der Waals surface area contributed by atoms with Crippen LogP contribution in [0.15, 0.2) is 29.8 Å². The minimum Gasteiger partial charge on any atom is -0.488 e. The zero-order valence-corrected chi connectivity index (χ0v) is 10.2. The molecule has 0 aromatic heterocycles. The maximum Gasteiger partial charge on any atom is 0.270 e. The fraction of sp³-hybridized carbons (Fsp3) is 0.273. The first kappa shape index (κ1) is 13.5. The highest BCUT2D eigenvalue weighted by Gasteiger charge is 2.11. The van der Waals surface area contributed by atoms with Crippen LogP contribution in [0.4, 0.5) is 5.69 Å². The van der Waals surface area contributed by atoms with E-state index < -0.39 is 4.92 Å². The lowest BCUT2D eigenvalue weighted by atomic mass is 10.2. The molecule has 0 saturated carbocycles. The van der Waals surface area contributed by atoms with E-state index in [-0.39, 0.29) is 12.3 Å². The average Bonchev–Trinajstić information content (AvgIpc) is 2.27. The van der Waals surface area contributed by atoms with Gasteiger partial charge in [-0.3, -0.25) is 10.1 Å². The molecule has 1 rings (SSSR count). The molecular formula is C11H13ClN2O3. The lowest BCUT2D eigenvalue weighted by molar-refractivity contribution is -0.384. The Morgan fingerprint density at radius 2 is 2.35 bits per heavy atom. The number of nitro groups is 1. The second kappa shape index (κ2) is 6.22. The molecule has 92 valence electrons. The number of hydrogen-bond donors (Lipinski definition) is 1. The SMILES string of the molecule is C=C(Cl)COc1ccc([N+](=O)[O-])cc1CNC. The van der Waals surface area contributed by atoms with Gasteiger partial charge in [0.05, 0.1) is 4.92 Å². The molecule has 0 unspecified atom stereocenters. The Kier molecular flexibility index (Phi) is 4.93. The Balaban J connectivity index is 2.95. The molecule has 0 atom stereocenters. The normalized spacial score (nSPS) is 10.0. The minimum absolute atomic E-state index is 0.0345. The van der Waals surface area contributed by atoms with E-state index in [4.69, 9.17) is 16.3 Å². The van der Waals surface area contributed by atoms with E-state index in [1.54, 1.807) is 13.1 Å². The van der Waals surface area contributed by atoms with Crippen LogP contribution in [0.5, 0.6) is 5.75 Å². The Hall–Kier alpha value is -1.59. The molecule has 0 saturated heterocycles. The van der Waals surface area contributed by atoms with Crippen LogP contribution < -0.4 is 10.1 Å². The Labute approximate surface area is 104 Å². The molecule has 0 aliphatic carbocycles. The molecular weight excluding hydrogens is 244 g/mol. The van der Waals surface area contributed by atoms with Crippen molar-refractivity contribution in [1.82, 2.24) is 5.32 Å². The van der Waals surface area contributed by atoms with Crippen LogP contribution in [-0.4, -0.2) is 18.6 Å². The van der Waals surface area contributed by atoms with Gasteiger partial charge >= 0.3 is 0 Å². The first-order chi connectivity index (χ1) is 8.04. The number of benzene rings is 1. The fourth-order valence-corrected chi connectivity index (χ4v) is 1.36. The maximum atomic E-state index is 10.6. The van der Waals surface area contributed by atoms with Gasteiger partial charge in [-0.1, -0.05) is 18.2 Å². The van der Waals surface area contributed by atoms with Gasteiger partial charge in [0, 0.05) is 29.3 Å². The van der Waals surface area contributed by atoms with E-state index >= 15 is 0 Å². The number of ether oxygens (including phenoxy) is 1. The van der Waals surface area contributed by atoms with Crippen LogP contribution in [0.2, 0.25) is 0 Å². The molecule has 0 aliphatic heterocycles. The van der Waals surface area contributed by atoms with Crippen LogP contribution in [0, 0.1) is 10.1 Å². The monoisotopic (exact) mass is 256 g/mol. The summed E-state index contributed by atoms with van der Waals surface area (Å²) >= 11 is 5.60. The lowest BCUT2D eigenvalue weighted by Gasteiger charge is -2.10. The summed E-state index contributed by atoms with van der Waals surface area (Å²) in [6.45, 7) is 4.16. The maximum absolute atomic E-state index is 10.6. The van der Waals surface area contributed by atoms with E-state index in [1.807, 2.05) is 0 Å². The van der Waals surface area contributed by atoms with Gasteiger partial charge in [0.2, 0.25) is 0 Å². The predicted molar refractivity (Wildman–Crippen MR) is 66.3 cm³/mol. The molecule has 0 radical (unpaired) electrons. The van der Waals surface area contributed by atoms with E-state index in [0.29, 0.717) is 22.9 Å². The molecule has 5 nitrogen and oxygen atoms in total. The molecule has 0 fully saturated rings. The Morgan fingerprint density at radius 1 is 1.65 bits per heavy atom. The van der Waals surface area contributed by atoms with E-state index in [9.17, 15) is 10.1 Å². The summed E-state index contributed by atoms with van der Waals surface area (Å²) in [5, 5.41) is 13.9. The second-order valence-corrected chi connectivity index (χ2v) is 3.92. The van der Waals surface area contributed by atoms with Gasteiger partial charge in [-0.05, 0) is 13.1 Å². The molecule has 0 bridgehead atoms. The molecule has 1 aromatic carbocycles. The average molecular weight is 257 g/mol. The number of nitrogens with one attached hydrogen (secondary N) is 1. The summed E-state index contributed by atoms with van der Waals surface area (Å²) in [7, 11) is 1.75. The predicted octanol–water partition coefficient (Wildman–Crippen LogP) is 2.45. The molecule has 6 heteroatoms. The molecule has 0 amide bonds. The number of non-ortho nitro benzene ring substituents is 1. The van der Waals surface area contributed by atoms with Crippen LogP contribution in [0.1, 0.15) is 5.56 Å². The minimum atomic E-state index is -0.441. The molecule has 1 N–H and O–H groups in total. The molecule has 0 spiro atoms. The quantitative estimate of drug-likeness (QED) is 0.627. The van der Waals surface area contributed by atoms with Gasteiger partial charge in [-0.25, -0.2) is 0 Å². The summed E-state index contributed by atoms with van der Waals surface area (Å²) in [4.78, 5) is 10.2. The van der Waals surface area contributed by atoms with Gasteiger partial charge in [0.15, 0.2) is 0 Å². The highest BCUT2D eigenvalue weighted by molar-refractivity contribution is 6.29. The Morgan fingerprint density at radius 3 is 2.88 bits per heavy atom. The third-order valence-electron chi connectivity index (χ3n) is 2.01. The zero-order valence-electron chi connectivity index (χ0n) is 9.40. The van der Waals surface area contributed by atoms with Crippen molar-refractivity contribution in [2.45, 2.75) is 6.54 Å². The Bertz CT molecular complexity index is 435. The summed E-state index contributed by atoms with van der Waals surface area (Å²) in [6, 6.07) is 4.43. The standard InChI is InChI=1S/C11H13ClN2O3/c1-8(12)7-17-11-4-3-10(14(15)16)5-9(11)6-13-2/h3-5,13H,1,6-7H2,2H3. The van der Waals surface area contributed by atoms with Crippen molar-refractivity contribution in [3.8, 4) is 5.75 Å². The van der Waals surface area contributed by atoms with Crippen molar-refractivity contribution in [3.05, 3.63) is 45.5 Å². The molecule has 17 heavy (non-hydrogen) atoms. The van der Waals surface area contributed by atoms with Crippen LogP contribution in [0.3, 0.4) is 0 Å². The largest absolute Gasteiger partial charge is 0.488 e. The number of halogens is 1. The number of nitrogens with zero attached hydrogens (tertiary/aromatic N) is 1. The van der Waals surface area contributed by atoms with Crippen molar-refractivity contribution in [2.75, 3.05) is 13.7 Å². The first-order valence-electron chi connectivity index (χ1n) is 4.92. The molecule has 0 aliphatic rings. The van der Waals surface area contributed by atoms with Gasteiger partial charge < -0.3 is 10.1 Å². The molecule has 1 aromatic rings. The highest BCUT2D eigenvalue weighted by atomic mass is 35.5. The zero-order chi connectivity index (χ0) is 12.8. The number of rotatable bonds is 6. The van der Waals surface area contributed by atoms with Crippen molar-refractivity contribution >= 4 is 17.3 Å². The lowest BCUT2D eigenvalue weighted by Crippen LogP contribution is -2.08. The summed E-state index contributed by atoms with van der Waals surface area (Å²) in [6.07, 6.45) is 0. The van der Waals surface area contributed by atoms with E-state index in [2.05, 4.69) is 11.9 Å². The highest BCUT2D eigenvalue weighted by Crippen LogP contribution is 2.24. The third kappa shape index (κ3) is 4.05. The van der Waals surface area contributed by atoms with Gasteiger partial charge in [-0.15, -0.1) is 0 Å². The van der Waals surface area contributed by atoms with Gasteiger partial charge in [0.1, 0.15) is 12.4 Å². The van der Waals surface area contributed by atoms with Crippen molar-refractivity contribution in [2.24, 2.45) is 0 Å². The van der Waals surface area contributed by atoms with Crippen LogP contribution in [-0.2, 0) is 6.54 Å². The smallest absolute Gasteiger partial charge is 0.270 e. The van der Waals surface area contributed by atoms with Gasteiger partial charge in [0.25, 0.3) is 5.69 Å². The fourth-order valence-electron chi connectivity index (χ4n) is 1.30. The van der Waals surface area contributed by atoms with E-state index in [0.717, 1.165) is 0 Å². The number of hydrogen-bond acceptors (Lipinski definition) is 4. The van der Waals surface area contributed by atoms with Crippen LogP contribution in [0.25, 0.3) is 0 Å².